The van der Waals surface area contributed by atoms with Crippen LogP contribution in [0.1, 0.15) is 37.9 Å². The molecule has 1 aromatic carbocycles. The molecule has 0 aliphatic rings. The minimum Gasteiger partial charge on any atom is -0.444 e. The van der Waals surface area contributed by atoms with Gasteiger partial charge in [-0.15, -0.1) is 0 Å². The molecule has 1 amide bonds. The highest BCUT2D eigenvalue weighted by Gasteiger charge is 2.21. The number of aryl methyl sites for hydroxylation is 1. The molecule has 0 radical (unpaired) electrons. The van der Waals surface area contributed by atoms with Gasteiger partial charge < -0.3 is 15.8 Å². The van der Waals surface area contributed by atoms with Crippen molar-refractivity contribution in [2.45, 2.75) is 39.3 Å². The first-order valence-electron chi connectivity index (χ1n) is 6.18. The summed E-state index contributed by atoms with van der Waals surface area (Å²) in [5.41, 5.74) is 7.29. The quantitative estimate of drug-likeness (QED) is 0.894. The lowest BCUT2D eigenvalue weighted by Crippen LogP contribution is -2.37. The van der Waals surface area contributed by atoms with Crippen molar-refractivity contribution in [2.24, 2.45) is 5.73 Å². The van der Waals surface area contributed by atoms with Crippen molar-refractivity contribution in [3.05, 3.63) is 33.8 Å². The number of halogens is 1. The van der Waals surface area contributed by atoms with E-state index in [1.165, 1.54) is 0 Å². The fraction of sp³-hybridized carbons (Fsp3) is 0.500. The first kappa shape index (κ1) is 16.0. The first-order valence-corrected chi connectivity index (χ1v) is 6.98. The van der Waals surface area contributed by atoms with E-state index in [9.17, 15) is 4.79 Å². The molecule has 1 unspecified atom stereocenters. The SMILES string of the molecule is Cc1ccc(Br)c(C(CN)NC(=O)OC(C)(C)C)c1. The van der Waals surface area contributed by atoms with Crippen LogP contribution in [0.25, 0.3) is 0 Å². The van der Waals surface area contributed by atoms with E-state index < -0.39 is 11.7 Å². The zero-order valence-corrected chi connectivity index (χ0v) is 13.4. The lowest BCUT2D eigenvalue weighted by atomic mass is 10.0. The molecular weight excluding hydrogens is 308 g/mol. The van der Waals surface area contributed by atoms with Crippen LogP contribution < -0.4 is 11.1 Å². The van der Waals surface area contributed by atoms with Gasteiger partial charge in [-0.1, -0.05) is 33.6 Å². The van der Waals surface area contributed by atoms with Crippen LogP contribution in [0.3, 0.4) is 0 Å². The summed E-state index contributed by atoms with van der Waals surface area (Å²) in [6.45, 7) is 7.78. The largest absolute Gasteiger partial charge is 0.444 e. The van der Waals surface area contributed by atoms with Gasteiger partial charge in [-0.2, -0.15) is 0 Å². The Morgan fingerprint density at radius 3 is 2.63 bits per heavy atom. The predicted octanol–water partition coefficient (Wildman–Crippen LogP) is 3.28. The van der Waals surface area contributed by atoms with Crippen LogP contribution in [0.15, 0.2) is 22.7 Å². The van der Waals surface area contributed by atoms with Gasteiger partial charge in [0, 0.05) is 11.0 Å². The van der Waals surface area contributed by atoms with Gasteiger partial charge in [0.2, 0.25) is 0 Å². The van der Waals surface area contributed by atoms with Crippen LogP contribution in [-0.4, -0.2) is 18.2 Å². The summed E-state index contributed by atoms with van der Waals surface area (Å²) in [6.07, 6.45) is -0.462. The summed E-state index contributed by atoms with van der Waals surface area (Å²) >= 11 is 3.48. The van der Waals surface area contributed by atoms with E-state index in [2.05, 4.69) is 21.2 Å². The third-order valence-corrected chi connectivity index (χ3v) is 3.18. The number of nitrogens with two attached hydrogens (primary N) is 1. The maximum atomic E-state index is 11.8. The molecule has 3 N–H and O–H groups in total. The van der Waals surface area contributed by atoms with E-state index in [1.807, 2.05) is 45.9 Å². The molecule has 1 atom stereocenters. The molecule has 106 valence electrons. The lowest BCUT2D eigenvalue weighted by Gasteiger charge is -2.24. The van der Waals surface area contributed by atoms with Gasteiger partial charge in [-0.05, 0) is 39.3 Å². The average Bonchev–Trinajstić information content (AvgIpc) is 2.27. The predicted molar refractivity (Wildman–Crippen MR) is 80.0 cm³/mol. The highest BCUT2D eigenvalue weighted by Crippen LogP contribution is 2.24. The molecule has 0 saturated carbocycles. The van der Waals surface area contributed by atoms with Crippen molar-refractivity contribution in [1.29, 1.82) is 0 Å². The highest BCUT2D eigenvalue weighted by molar-refractivity contribution is 9.10. The van der Waals surface area contributed by atoms with E-state index in [-0.39, 0.29) is 6.04 Å². The second-order valence-electron chi connectivity index (χ2n) is 5.46. The molecule has 0 aliphatic carbocycles. The van der Waals surface area contributed by atoms with E-state index in [4.69, 9.17) is 10.5 Å². The number of carbonyl (C=O) groups excluding carboxylic acids is 1. The molecule has 0 bridgehead atoms. The third kappa shape index (κ3) is 5.20. The Bertz CT molecular complexity index is 455. The van der Waals surface area contributed by atoms with Crippen LogP contribution in [0.5, 0.6) is 0 Å². The van der Waals surface area contributed by atoms with Gasteiger partial charge >= 0.3 is 6.09 Å². The number of alkyl carbamates (subject to hydrolysis) is 1. The molecule has 1 aromatic rings. The smallest absolute Gasteiger partial charge is 0.408 e. The fourth-order valence-electron chi connectivity index (χ4n) is 1.64. The van der Waals surface area contributed by atoms with Gasteiger partial charge in [0.15, 0.2) is 0 Å². The van der Waals surface area contributed by atoms with Crippen molar-refractivity contribution in [1.82, 2.24) is 5.32 Å². The Kier molecular flexibility index (Phi) is 5.38. The lowest BCUT2D eigenvalue weighted by molar-refractivity contribution is 0.0505. The average molecular weight is 329 g/mol. The number of hydrogen-bond acceptors (Lipinski definition) is 3. The maximum absolute atomic E-state index is 11.8. The number of ether oxygens (including phenoxy) is 1. The van der Waals surface area contributed by atoms with Gasteiger partial charge in [-0.3, -0.25) is 0 Å². The number of nitrogens with one attached hydrogen (secondary N) is 1. The van der Waals surface area contributed by atoms with Crippen LogP contribution >= 0.6 is 15.9 Å². The van der Waals surface area contributed by atoms with Crippen molar-refractivity contribution in [3.8, 4) is 0 Å². The van der Waals surface area contributed by atoms with Gasteiger partial charge in [-0.25, -0.2) is 4.79 Å². The third-order valence-electron chi connectivity index (χ3n) is 2.45. The molecule has 5 heteroatoms. The minimum absolute atomic E-state index is 0.274. The molecule has 0 fully saturated rings. The van der Waals surface area contributed by atoms with E-state index in [1.54, 1.807) is 0 Å². The standard InChI is InChI=1S/C14H21BrN2O2/c1-9-5-6-11(15)10(7-9)12(8-16)17-13(18)19-14(2,3)4/h5-7,12H,8,16H2,1-4H3,(H,17,18). The van der Waals surface area contributed by atoms with Crippen LogP contribution in [-0.2, 0) is 4.74 Å². The molecule has 0 heterocycles. The first-order chi connectivity index (χ1) is 8.73. The Labute approximate surface area is 122 Å². The molecule has 19 heavy (non-hydrogen) atoms. The second kappa shape index (κ2) is 6.39. The second-order valence-corrected chi connectivity index (χ2v) is 6.31. The molecule has 0 saturated heterocycles. The van der Waals surface area contributed by atoms with Gasteiger partial charge in [0.05, 0.1) is 6.04 Å². The Morgan fingerprint density at radius 2 is 2.11 bits per heavy atom. The Hall–Kier alpha value is -1.07. The normalized spacial score (nSPS) is 12.9. The summed E-state index contributed by atoms with van der Waals surface area (Å²) in [5, 5.41) is 2.79. The molecule has 4 nitrogen and oxygen atoms in total. The summed E-state index contributed by atoms with van der Waals surface area (Å²) in [4.78, 5) is 11.8. The molecule has 0 aromatic heterocycles. The highest BCUT2D eigenvalue weighted by atomic mass is 79.9. The number of amides is 1. The van der Waals surface area contributed by atoms with E-state index in [0.29, 0.717) is 6.54 Å². The van der Waals surface area contributed by atoms with Crippen molar-refractivity contribution in [3.63, 3.8) is 0 Å². The summed E-state index contributed by atoms with van der Waals surface area (Å²) in [5.74, 6) is 0. The number of rotatable bonds is 3. The van der Waals surface area contributed by atoms with Crippen molar-refractivity contribution >= 4 is 22.0 Å². The number of hydrogen-bond donors (Lipinski definition) is 2. The summed E-state index contributed by atoms with van der Waals surface area (Å²) in [7, 11) is 0. The monoisotopic (exact) mass is 328 g/mol. The minimum atomic E-state index is -0.521. The Morgan fingerprint density at radius 1 is 1.47 bits per heavy atom. The zero-order valence-electron chi connectivity index (χ0n) is 11.8. The van der Waals surface area contributed by atoms with Gasteiger partial charge in [0.25, 0.3) is 0 Å². The molecule has 0 spiro atoms. The molecule has 0 aliphatic heterocycles. The number of benzene rings is 1. The fourth-order valence-corrected chi connectivity index (χ4v) is 2.17. The van der Waals surface area contributed by atoms with Crippen LogP contribution in [0, 0.1) is 6.92 Å². The van der Waals surface area contributed by atoms with E-state index in [0.717, 1.165) is 15.6 Å². The summed E-state index contributed by atoms with van der Waals surface area (Å²) < 4.78 is 6.16. The number of carbonyl (C=O) groups is 1. The van der Waals surface area contributed by atoms with E-state index >= 15 is 0 Å². The topological polar surface area (TPSA) is 64.3 Å². The Balaban J connectivity index is 2.84. The van der Waals surface area contributed by atoms with Crippen LogP contribution in [0.2, 0.25) is 0 Å². The zero-order chi connectivity index (χ0) is 14.6. The molecule has 1 rings (SSSR count). The van der Waals surface area contributed by atoms with Gasteiger partial charge in [0.1, 0.15) is 5.60 Å². The van der Waals surface area contributed by atoms with Crippen molar-refractivity contribution < 1.29 is 9.53 Å². The maximum Gasteiger partial charge on any atom is 0.408 e. The van der Waals surface area contributed by atoms with Crippen LogP contribution in [0.4, 0.5) is 4.79 Å². The van der Waals surface area contributed by atoms with Crippen molar-refractivity contribution in [2.75, 3.05) is 6.54 Å². The molecular formula is C14H21BrN2O2. The summed E-state index contributed by atoms with van der Waals surface area (Å²) in [6, 6.07) is 5.67.